The van der Waals surface area contributed by atoms with E-state index in [1.165, 1.54) is 10.8 Å². The van der Waals surface area contributed by atoms with Gasteiger partial charge in [0.15, 0.2) is 0 Å². The summed E-state index contributed by atoms with van der Waals surface area (Å²) < 4.78 is 0. The van der Waals surface area contributed by atoms with Gasteiger partial charge in [-0.3, -0.25) is 6.08 Å². The van der Waals surface area contributed by atoms with E-state index in [1.807, 2.05) is 32.4 Å². The van der Waals surface area contributed by atoms with Gasteiger partial charge in [0.1, 0.15) is 0 Å². The Morgan fingerprint density at radius 3 is 2.20 bits per heavy atom. The minimum Gasteiger partial charge on any atom is -1.00 e. The second-order valence-electron chi connectivity index (χ2n) is 3.74. The molecule has 0 N–H and O–H groups in total. The molecular formula is C17H19Cl2Zr-3. The fraction of sp³-hybridized carbons (Fsp3) is 0.176. The smallest absolute Gasteiger partial charge is 1.00 e. The first-order valence-corrected chi connectivity index (χ1v) is 5.94. The van der Waals surface area contributed by atoms with Gasteiger partial charge in [0.25, 0.3) is 0 Å². The van der Waals surface area contributed by atoms with Gasteiger partial charge in [-0.25, -0.2) is 12.2 Å². The molecule has 0 unspecified atom stereocenters. The first kappa shape index (κ1) is 24.8. The number of benzene rings is 1. The Kier molecular flexibility index (Phi) is 20.8. The predicted octanol–water partition coefficient (Wildman–Crippen LogP) is -0.900. The number of rotatable bonds is 0. The molecule has 0 aromatic heterocycles. The maximum atomic E-state index is 2.99. The van der Waals surface area contributed by atoms with E-state index in [-0.39, 0.29) is 51.0 Å². The molecule has 0 saturated heterocycles. The first-order valence-electron chi connectivity index (χ1n) is 5.94. The normalized spacial score (nSPS) is 9.90. The molecule has 2 aromatic carbocycles. The summed E-state index contributed by atoms with van der Waals surface area (Å²) in [6.45, 7) is 4.00. The molecule has 0 saturated carbocycles. The molecule has 0 amide bonds. The Balaban J connectivity index is -0.000000231. The minimum absolute atomic E-state index is 0. The molecule has 0 radical (unpaired) electrons. The van der Waals surface area contributed by atoms with Gasteiger partial charge in [0.2, 0.25) is 0 Å². The molecule has 2 aromatic rings. The van der Waals surface area contributed by atoms with E-state index >= 15 is 0 Å². The predicted molar refractivity (Wildman–Crippen MR) is 76.8 cm³/mol. The number of allylic oxidation sites excluding steroid dienone is 4. The number of fused-ring (bicyclic) bond motifs is 1. The Morgan fingerprint density at radius 2 is 1.75 bits per heavy atom. The summed E-state index contributed by atoms with van der Waals surface area (Å²) in [6, 6.07) is 14.7. The Bertz CT molecular complexity index is 432. The fourth-order valence-electron chi connectivity index (χ4n) is 1.41. The van der Waals surface area contributed by atoms with Crippen LogP contribution in [0.2, 0.25) is 0 Å². The molecule has 0 bridgehead atoms. The number of halogens is 2. The van der Waals surface area contributed by atoms with Crippen LogP contribution in [-0.2, 0) is 26.2 Å². The molecule has 20 heavy (non-hydrogen) atoms. The van der Waals surface area contributed by atoms with Crippen LogP contribution in [0.1, 0.15) is 20.3 Å². The second-order valence-corrected chi connectivity index (χ2v) is 3.74. The molecule has 0 spiro atoms. The van der Waals surface area contributed by atoms with E-state index in [0.29, 0.717) is 0 Å². The van der Waals surface area contributed by atoms with Gasteiger partial charge in [-0.15, -0.1) is 36.1 Å². The largest absolute Gasteiger partial charge is 2.00 e. The molecule has 108 valence electrons. The van der Waals surface area contributed by atoms with Gasteiger partial charge in [-0.2, -0.15) is 37.4 Å². The van der Waals surface area contributed by atoms with Crippen molar-refractivity contribution in [2.24, 2.45) is 0 Å². The van der Waals surface area contributed by atoms with Gasteiger partial charge in [-0.05, 0) is 0 Å². The standard InChI is InChI=1S/C9H7.C5H5.C3H7.2ClH.Zr/c1-2-5-9-7-3-6-8(9)4-1;1-2-4-5-3-1;1-3-2;;;/h1-7H;1-3H,4H2;3H,1-2H3;2*1H;/q3*-1;;;+2/p-2. The molecule has 1 aliphatic rings. The van der Waals surface area contributed by atoms with Crippen LogP contribution in [0.25, 0.3) is 10.8 Å². The van der Waals surface area contributed by atoms with Crippen LogP contribution in [0.5, 0.6) is 0 Å². The van der Waals surface area contributed by atoms with Crippen molar-refractivity contribution in [2.75, 3.05) is 0 Å². The van der Waals surface area contributed by atoms with E-state index in [4.69, 9.17) is 0 Å². The van der Waals surface area contributed by atoms with Gasteiger partial charge in [-0.1, -0.05) is 6.07 Å². The van der Waals surface area contributed by atoms with Crippen LogP contribution in [0, 0.1) is 12.5 Å². The van der Waals surface area contributed by atoms with Gasteiger partial charge in [0, 0.05) is 0 Å². The van der Waals surface area contributed by atoms with Crippen LogP contribution >= 0.6 is 0 Å². The molecule has 3 rings (SSSR count). The molecule has 0 nitrogen and oxygen atoms in total. The van der Waals surface area contributed by atoms with E-state index in [0.717, 1.165) is 6.42 Å². The first-order chi connectivity index (χ1) is 8.38. The topological polar surface area (TPSA) is 0 Å². The summed E-state index contributed by atoms with van der Waals surface area (Å²) in [4.78, 5) is 0. The second kappa shape index (κ2) is 16.8. The van der Waals surface area contributed by atoms with E-state index in [1.54, 1.807) is 0 Å². The van der Waals surface area contributed by atoms with Crippen molar-refractivity contribution in [2.45, 2.75) is 20.3 Å². The van der Waals surface area contributed by atoms with Gasteiger partial charge >= 0.3 is 26.2 Å². The van der Waals surface area contributed by atoms with Gasteiger partial charge < -0.3 is 31.2 Å². The van der Waals surface area contributed by atoms with Crippen LogP contribution in [0.3, 0.4) is 0 Å². The van der Waals surface area contributed by atoms with Crippen molar-refractivity contribution in [3.63, 3.8) is 0 Å². The number of hydrogen-bond acceptors (Lipinski definition) is 0. The zero-order valence-corrected chi connectivity index (χ0v) is 15.8. The molecule has 0 fully saturated rings. The third-order valence-corrected chi connectivity index (χ3v) is 2.13. The van der Waals surface area contributed by atoms with Crippen molar-refractivity contribution in [3.05, 3.63) is 73.2 Å². The summed E-state index contributed by atoms with van der Waals surface area (Å²) >= 11 is 0. The summed E-state index contributed by atoms with van der Waals surface area (Å²) in [7, 11) is 0. The van der Waals surface area contributed by atoms with Crippen molar-refractivity contribution in [1.29, 1.82) is 0 Å². The summed E-state index contributed by atoms with van der Waals surface area (Å²) in [5, 5.41) is 2.66. The molecule has 0 heterocycles. The minimum atomic E-state index is 0. The maximum Gasteiger partial charge on any atom is 2.00 e. The van der Waals surface area contributed by atoms with Gasteiger partial charge in [0.05, 0.1) is 0 Å². The third kappa shape index (κ3) is 10.5. The number of hydrogen-bond donors (Lipinski definition) is 0. The average molecular weight is 385 g/mol. The summed E-state index contributed by atoms with van der Waals surface area (Å²) in [5.41, 5.74) is 0. The van der Waals surface area contributed by atoms with Crippen molar-refractivity contribution < 1.29 is 51.0 Å². The van der Waals surface area contributed by atoms with E-state index < -0.39 is 0 Å². The van der Waals surface area contributed by atoms with Crippen LogP contribution in [-0.4, -0.2) is 0 Å². The monoisotopic (exact) mass is 383 g/mol. The van der Waals surface area contributed by atoms with E-state index in [2.05, 4.69) is 54.6 Å². The zero-order valence-electron chi connectivity index (χ0n) is 11.8. The van der Waals surface area contributed by atoms with Crippen molar-refractivity contribution in [3.8, 4) is 0 Å². The van der Waals surface area contributed by atoms with Crippen LogP contribution < -0.4 is 24.8 Å². The zero-order chi connectivity index (χ0) is 12.3. The average Bonchev–Trinajstić information content (AvgIpc) is 3.05. The Morgan fingerprint density at radius 1 is 1.10 bits per heavy atom. The Labute approximate surface area is 154 Å². The summed E-state index contributed by atoms with van der Waals surface area (Å²) in [5.74, 6) is 0. The van der Waals surface area contributed by atoms with Crippen LogP contribution in [0.4, 0.5) is 0 Å². The third-order valence-electron chi connectivity index (χ3n) is 2.13. The SMILES string of the molecule is C[CH-]C.[C-]1=CC=CC1.[Cl-].[Cl-].[Zr+2].c1ccc2[cH-]ccc2c1. The van der Waals surface area contributed by atoms with E-state index in [9.17, 15) is 0 Å². The molecular weight excluding hydrogens is 366 g/mol. The summed E-state index contributed by atoms with van der Waals surface area (Å²) in [6.07, 6.45) is 12.0. The van der Waals surface area contributed by atoms with Crippen molar-refractivity contribution >= 4 is 10.8 Å². The molecule has 0 atom stereocenters. The van der Waals surface area contributed by atoms with Crippen LogP contribution in [0.15, 0.2) is 60.7 Å². The van der Waals surface area contributed by atoms with Crippen molar-refractivity contribution in [1.82, 2.24) is 0 Å². The maximum absolute atomic E-state index is 2.99. The molecule has 3 heteroatoms. The molecule has 1 aliphatic carbocycles. The molecule has 0 aliphatic heterocycles. The Hall–Kier alpha value is -0.227. The quantitative estimate of drug-likeness (QED) is 0.516. The fourth-order valence-corrected chi connectivity index (χ4v) is 1.41.